The van der Waals surface area contributed by atoms with Crippen LogP contribution in [0.2, 0.25) is 10.0 Å². The van der Waals surface area contributed by atoms with Gasteiger partial charge in [0.1, 0.15) is 28.9 Å². The molecule has 2 aromatic carbocycles. The summed E-state index contributed by atoms with van der Waals surface area (Å²) in [6.45, 7) is 3.14. The van der Waals surface area contributed by atoms with Crippen molar-refractivity contribution in [3.8, 4) is 11.3 Å². The number of benzene rings is 2. The molecule has 7 nitrogen and oxygen atoms in total. The largest absolute Gasteiger partial charge is 0.478 e. The summed E-state index contributed by atoms with van der Waals surface area (Å²) in [5.74, 6) is 0.906. The minimum atomic E-state index is -0.967. The fourth-order valence-electron chi connectivity index (χ4n) is 6.69. The van der Waals surface area contributed by atoms with Gasteiger partial charge >= 0.3 is 5.97 Å². The normalized spacial score (nSPS) is 18.9. The van der Waals surface area contributed by atoms with Crippen molar-refractivity contribution in [3.05, 3.63) is 69.6 Å². The summed E-state index contributed by atoms with van der Waals surface area (Å²) in [6.07, 6.45) is 8.20. The Balaban J connectivity index is 0.946. The van der Waals surface area contributed by atoms with Crippen molar-refractivity contribution in [3.63, 3.8) is 0 Å². The molecule has 7 rings (SSSR count). The SMILES string of the molecule is O=C(O)c1coc2cc(N3CCC4(CC3)CC(COCc3c(-c5c(Cl)cccc5Cl)noc3C3CC3)C4)ccc12. The molecule has 1 aliphatic heterocycles. The van der Waals surface area contributed by atoms with Crippen LogP contribution in [-0.2, 0) is 11.3 Å². The highest BCUT2D eigenvalue weighted by atomic mass is 35.5. The van der Waals surface area contributed by atoms with E-state index in [2.05, 4.69) is 10.1 Å². The van der Waals surface area contributed by atoms with E-state index < -0.39 is 5.97 Å². The Morgan fingerprint density at radius 3 is 2.58 bits per heavy atom. The molecule has 3 heterocycles. The molecule has 40 heavy (non-hydrogen) atoms. The third-order valence-corrected chi connectivity index (χ3v) is 9.62. The van der Waals surface area contributed by atoms with Crippen LogP contribution in [0.15, 0.2) is 51.6 Å². The zero-order valence-corrected chi connectivity index (χ0v) is 23.5. The average molecular weight is 581 g/mol. The molecule has 0 radical (unpaired) electrons. The highest BCUT2D eigenvalue weighted by Crippen LogP contribution is 2.53. The number of hydrogen-bond acceptors (Lipinski definition) is 6. The van der Waals surface area contributed by atoms with Crippen LogP contribution in [0.1, 0.15) is 66.1 Å². The molecular formula is C31H30Cl2N2O5. The summed E-state index contributed by atoms with van der Waals surface area (Å²) in [4.78, 5) is 13.8. The topological polar surface area (TPSA) is 88.9 Å². The molecule has 1 N–H and O–H groups in total. The lowest BCUT2D eigenvalue weighted by atomic mass is 9.58. The van der Waals surface area contributed by atoms with Gasteiger partial charge in [-0.3, -0.25) is 0 Å². The fourth-order valence-corrected chi connectivity index (χ4v) is 7.26. The Labute approximate surface area is 242 Å². The van der Waals surface area contributed by atoms with Gasteiger partial charge in [0.2, 0.25) is 0 Å². The van der Waals surface area contributed by atoms with Crippen LogP contribution >= 0.6 is 23.2 Å². The second-order valence-corrected chi connectivity index (χ2v) is 12.5. The van der Waals surface area contributed by atoms with Crippen LogP contribution in [-0.4, -0.2) is 35.9 Å². The first kappa shape index (κ1) is 25.9. The lowest BCUT2D eigenvalue weighted by molar-refractivity contribution is -0.0315. The summed E-state index contributed by atoms with van der Waals surface area (Å²) >= 11 is 13.0. The van der Waals surface area contributed by atoms with E-state index in [1.165, 1.54) is 19.1 Å². The number of carboxylic acid groups (broad SMARTS) is 1. The third kappa shape index (κ3) is 4.68. The number of carbonyl (C=O) groups is 1. The number of aromatic carboxylic acids is 1. The summed E-state index contributed by atoms with van der Waals surface area (Å²) in [5.41, 5.74) is 4.69. The molecule has 2 aliphatic carbocycles. The van der Waals surface area contributed by atoms with E-state index in [1.807, 2.05) is 36.4 Å². The molecule has 0 unspecified atom stereocenters. The number of furan rings is 1. The third-order valence-electron chi connectivity index (χ3n) is 8.99. The molecule has 2 aromatic heterocycles. The molecule has 0 atom stereocenters. The lowest BCUT2D eigenvalue weighted by Crippen LogP contribution is -2.48. The van der Waals surface area contributed by atoms with Crippen molar-refractivity contribution in [2.24, 2.45) is 11.3 Å². The van der Waals surface area contributed by atoms with Gasteiger partial charge in [0.15, 0.2) is 0 Å². The fraction of sp³-hybridized carbons (Fsp3) is 0.419. The average Bonchev–Trinajstić information content (AvgIpc) is 3.54. The van der Waals surface area contributed by atoms with Gasteiger partial charge in [0.25, 0.3) is 0 Å². The highest BCUT2D eigenvalue weighted by molar-refractivity contribution is 6.39. The molecule has 3 fully saturated rings. The van der Waals surface area contributed by atoms with E-state index >= 15 is 0 Å². The number of halogens is 2. The molecule has 2 saturated carbocycles. The standard InChI is InChI=1S/C31H30Cl2N2O5/c32-24-2-1-3-25(33)27(24)28-23(29(40-34-28)19-4-5-19)16-38-15-18-13-31(14-18)8-10-35(11-9-31)20-6-7-21-22(30(36)37)17-39-26(21)12-20/h1-3,6-7,12,17-19H,4-5,8-11,13-16H2,(H,36,37). The van der Waals surface area contributed by atoms with Crippen molar-refractivity contribution in [1.82, 2.24) is 5.16 Å². The second-order valence-electron chi connectivity index (χ2n) is 11.7. The van der Waals surface area contributed by atoms with Crippen molar-refractivity contribution in [1.29, 1.82) is 0 Å². The van der Waals surface area contributed by atoms with E-state index in [4.69, 9.17) is 36.9 Å². The number of nitrogens with zero attached hydrogens (tertiary/aromatic N) is 2. The van der Waals surface area contributed by atoms with Gasteiger partial charge in [-0.05, 0) is 74.1 Å². The number of rotatable bonds is 8. The highest BCUT2D eigenvalue weighted by Gasteiger charge is 2.46. The molecule has 0 amide bonds. The zero-order chi connectivity index (χ0) is 27.4. The molecule has 9 heteroatoms. The molecule has 1 saturated heterocycles. The maximum Gasteiger partial charge on any atom is 0.339 e. The lowest BCUT2D eigenvalue weighted by Gasteiger charge is -2.52. The van der Waals surface area contributed by atoms with E-state index in [1.54, 1.807) is 0 Å². The van der Waals surface area contributed by atoms with E-state index in [9.17, 15) is 9.90 Å². The van der Waals surface area contributed by atoms with Crippen molar-refractivity contribution >= 4 is 45.8 Å². The monoisotopic (exact) mass is 580 g/mol. The minimum Gasteiger partial charge on any atom is -0.478 e. The second kappa shape index (κ2) is 10.1. The number of anilines is 1. The molecule has 3 aliphatic rings. The Morgan fingerprint density at radius 2 is 1.88 bits per heavy atom. The van der Waals surface area contributed by atoms with Gasteiger partial charge in [-0.25, -0.2) is 4.79 Å². The first-order valence-electron chi connectivity index (χ1n) is 13.9. The quantitative estimate of drug-likeness (QED) is 0.224. The van der Waals surface area contributed by atoms with E-state index in [-0.39, 0.29) is 5.56 Å². The number of piperidine rings is 1. The van der Waals surface area contributed by atoms with Crippen LogP contribution < -0.4 is 4.90 Å². The Hall–Kier alpha value is -3.00. The number of aromatic nitrogens is 1. The van der Waals surface area contributed by atoms with Gasteiger partial charge in [-0.15, -0.1) is 0 Å². The van der Waals surface area contributed by atoms with Crippen LogP contribution in [0, 0.1) is 11.3 Å². The maximum atomic E-state index is 11.4. The van der Waals surface area contributed by atoms with Crippen LogP contribution in [0.3, 0.4) is 0 Å². The molecule has 208 valence electrons. The minimum absolute atomic E-state index is 0.207. The molecular weight excluding hydrogens is 551 g/mol. The number of ether oxygens (including phenoxy) is 1. The van der Waals surface area contributed by atoms with E-state index in [0.29, 0.717) is 56.1 Å². The first-order chi connectivity index (χ1) is 19.4. The predicted molar refractivity (Wildman–Crippen MR) is 153 cm³/mol. The molecule has 0 bridgehead atoms. The predicted octanol–water partition coefficient (Wildman–Crippen LogP) is 8.18. The summed E-state index contributed by atoms with van der Waals surface area (Å²) in [5, 5.41) is 15.5. The Kier molecular flexibility index (Phi) is 6.56. The van der Waals surface area contributed by atoms with E-state index in [0.717, 1.165) is 62.4 Å². The zero-order valence-electron chi connectivity index (χ0n) is 22.0. The van der Waals surface area contributed by atoms with Crippen molar-refractivity contribution < 1.29 is 23.6 Å². The number of hydrogen-bond donors (Lipinski definition) is 1. The number of fused-ring (bicyclic) bond motifs is 1. The van der Waals surface area contributed by atoms with Gasteiger partial charge < -0.3 is 23.7 Å². The summed E-state index contributed by atoms with van der Waals surface area (Å²) in [6, 6.07) is 11.3. The van der Waals surface area contributed by atoms with Gasteiger partial charge in [0, 0.05) is 53.9 Å². The van der Waals surface area contributed by atoms with Gasteiger partial charge in [0.05, 0.1) is 16.7 Å². The summed E-state index contributed by atoms with van der Waals surface area (Å²) < 4.78 is 17.6. The maximum absolute atomic E-state index is 11.4. The van der Waals surface area contributed by atoms with Gasteiger partial charge in [-0.1, -0.05) is 34.4 Å². The van der Waals surface area contributed by atoms with Crippen molar-refractivity contribution in [2.75, 3.05) is 24.6 Å². The first-order valence-corrected chi connectivity index (χ1v) is 14.7. The summed E-state index contributed by atoms with van der Waals surface area (Å²) in [7, 11) is 0. The number of carboxylic acids is 1. The van der Waals surface area contributed by atoms with Crippen LogP contribution in [0.4, 0.5) is 5.69 Å². The van der Waals surface area contributed by atoms with Crippen LogP contribution in [0.5, 0.6) is 0 Å². The Morgan fingerprint density at radius 1 is 1.12 bits per heavy atom. The van der Waals surface area contributed by atoms with Crippen LogP contribution in [0.25, 0.3) is 22.2 Å². The molecule has 1 spiro atoms. The van der Waals surface area contributed by atoms with Gasteiger partial charge in [-0.2, -0.15) is 0 Å². The smallest absolute Gasteiger partial charge is 0.339 e. The molecule has 4 aromatic rings. The Bertz CT molecular complexity index is 1550. The van der Waals surface area contributed by atoms with Crippen molar-refractivity contribution in [2.45, 2.75) is 51.0 Å².